The van der Waals surface area contributed by atoms with Crippen molar-refractivity contribution in [3.8, 4) is 0 Å². The number of aryl methyl sites for hydroxylation is 1. The van der Waals surface area contributed by atoms with Crippen LogP contribution in [0.2, 0.25) is 0 Å². The van der Waals surface area contributed by atoms with E-state index in [1.165, 1.54) is 0 Å². The third-order valence-corrected chi connectivity index (χ3v) is 2.11. The fourth-order valence-electron chi connectivity index (χ4n) is 1.29. The summed E-state index contributed by atoms with van der Waals surface area (Å²) < 4.78 is 1.61. The largest absolute Gasteiger partial charge is 0.322 e. The zero-order valence-corrected chi connectivity index (χ0v) is 8.82. The number of fused-ring (bicyclic) bond motifs is 1. The lowest BCUT2D eigenvalue weighted by atomic mass is 10.4. The van der Waals surface area contributed by atoms with Crippen LogP contribution in [0.5, 0.6) is 0 Å². The maximum Gasteiger partial charge on any atom is 0.239 e. The highest BCUT2D eigenvalue weighted by molar-refractivity contribution is 6.29. The topological polar surface area (TPSA) is 59.3 Å². The maximum absolute atomic E-state index is 11.1. The highest BCUT2D eigenvalue weighted by Gasteiger charge is 2.07. The van der Waals surface area contributed by atoms with Crippen LogP contribution in [0.25, 0.3) is 5.65 Å². The SMILES string of the molecule is Cc1nc2c(NC(=O)CCl)cccn2n1. The molecule has 0 aliphatic rings. The first-order valence-electron chi connectivity index (χ1n) is 4.38. The Bertz CT molecular complexity index is 508. The molecular weight excluding hydrogens is 216 g/mol. The van der Waals surface area contributed by atoms with Gasteiger partial charge in [-0.2, -0.15) is 5.10 Å². The Hall–Kier alpha value is -1.62. The molecule has 0 aromatic carbocycles. The summed E-state index contributed by atoms with van der Waals surface area (Å²) in [5.74, 6) is 0.321. The Kier molecular flexibility index (Phi) is 2.55. The molecule has 0 atom stereocenters. The average Bonchev–Trinajstić information content (AvgIpc) is 2.59. The number of hydrogen-bond donors (Lipinski definition) is 1. The summed E-state index contributed by atoms with van der Waals surface area (Å²) >= 11 is 5.40. The van der Waals surface area contributed by atoms with E-state index in [-0.39, 0.29) is 11.8 Å². The first kappa shape index (κ1) is 9.92. The number of carbonyl (C=O) groups excluding carboxylic acids is 1. The number of halogens is 1. The minimum Gasteiger partial charge on any atom is -0.322 e. The van der Waals surface area contributed by atoms with Gasteiger partial charge in [0.25, 0.3) is 0 Å². The van der Waals surface area contributed by atoms with E-state index in [0.717, 1.165) is 0 Å². The van der Waals surface area contributed by atoms with E-state index in [1.807, 2.05) is 0 Å². The fourth-order valence-corrected chi connectivity index (χ4v) is 1.36. The van der Waals surface area contributed by atoms with Crippen LogP contribution in [0, 0.1) is 6.92 Å². The number of hydrogen-bond acceptors (Lipinski definition) is 3. The minimum absolute atomic E-state index is 0.0752. The van der Waals surface area contributed by atoms with Crippen LogP contribution in [0.4, 0.5) is 5.69 Å². The lowest BCUT2D eigenvalue weighted by molar-refractivity contribution is -0.113. The van der Waals surface area contributed by atoms with Gasteiger partial charge < -0.3 is 5.32 Å². The third kappa shape index (κ3) is 1.92. The van der Waals surface area contributed by atoms with Gasteiger partial charge in [0.15, 0.2) is 5.65 Å². The van der Waals surface area contributed by atoms with Crippen molar-refractivity contribution in [3.05, 3.63) is 24.2 Å². The molecule has 0 spiro atoms. The summed E-state index contributed by atoms with van der Waals surface area (Å²) in [4.78, 5) is 15.3. The summed E-state index contributed by atoms with van der Waals surface area (Å²) in [7, 11) is 0. The number of alkyl halides is 1. The molecular formula is C9H9ClN4O. The molecule has 0 bridgehead atoms. The zero-order chi connectivity index (χ0) is 10.8. The Morgan fingerprint density at radius 1 is 1.67 bits per heavy atom. The van der Waals surface area contributed by atoms with Gasteiger partial charge in [-0.05, 0) is 19.1 Å². The fraction of sp³-hybridized carbons (Fsp3) is 0.222. The van der Waals surface area contributed by atoms with Gasteiger partial charge in [-0.1, -0.05) is 0 Å². The molecule has 15 heavy (non-hydrogen) atoms. The molecule has 78 valence electrons. The summed E-state index contributed by atoms with van der Waals surface area (Å²) in [6.07, 6.45) is 1.77. The highest BCUT2D eigenvalue weighted by atomic mass is 35.5. The van der Waals surface area contributed by atoms with E-state index in [9.17, 15) is 4.79 Å². The van der Waals surface area contributed by atoms with Gasteiger partial charge in [-0.3, -0.25) is 4.79 Å². The molecule has 2 rings (SSSR count). The number of amides is 1. The Balaban J connectivity index is 2.46. The zero-order valence-electron chi connectivity index (χ0n) is 8.07. The van der Waals surface area contributed by atoms with Crippen LogP contribution in [-0.4, -0.2) is 26.4 Å². The van der Waals surface area contributed by atoms with E-state index >= 15 is 0 Å². The molecule has 0 fully saturated rings. The second kappa shape index (κ2) is 3.86. The first-order valence-corrected chi connectivity index (χ1v) is 4.92. The minimum atomic E-state index is -0.259. The number of carbonyl (C=O) groups is 1. The first-order chi connectivity index (χ1) is 7.20. The lowest BCUT2D eigenvalue weighted by Gasteiger charge is -2.02. The average molecular weight is 225 g/mol. The highest BCUT2D eigenvalue weighted by Crippen LogP contribution is 2.14. The van der Waals surface area contributed by atoms with Crippen LogP contribution in [0.15, 0.2) is 18.3 Å². The van der Waals surface area contributed by atoms with Crippen LogP contribution >= 0.6 is 11.6 Å². The second-order valence-corrected chi connectivity index (χ2v) is 3.30. The van der Waals surface area contributed by atoms with Crippen LogP contribution in [0.1, 0.15) is 5.82 Å². The van der Waals surface area contributed by atoms with Crippen molar-refractivity contribution < 1.29 is 4.79 Å². The predicted molar refractivity (Wildman–Crippen MR) is 57.1 cm³/mol. The summed E-state index contributed by atoms with van der Waals surface area (Å²) in [5, 5.41) is 6.78. The van der Waals surface area contributed by atoms with Crippen molar-refractivity contribution in [3.63, 3.8) is 0 Å². The number of nitrogens with zero attached hydrogens (tertiary/aromatic N) is 3. The van der Waals surface area contributed by atoms with Crippen LogP contribution < -0.4 is 5.32 Å². The third-order valence-electron chi connectivity index (χ3n) is 1.86. The van der Waals surface area contributed by atoms with Gasteiger partial charge >= 0.3 is 0 Å². The monoisotopic (exact) mass is 224 g/mol. The summed E-state index contributed by atoms with van der Waals surface area (Å²) in [5.41, 5.74) is 1.23. The normalized spacial score (nSPS) is 10.5. The van der Waals surface area contributed by atoms with E-state index in [2.05, 4.69) is 15.4 Å². The number of pyridine rings is 1. The van der Waals surface area contributed by atoms with Crippen molar-refractivity contribution in [2.45, 2.75) is 6.92 Å². The molecule has 0 saturated carbocycles. The van der Waals surface area contributed by atoms with Gasteiger partial charge in [0.2, 0.25) is 5.91 Å². The quantitative estimate of drug-likeness (QED) is 0.781. The number of anilines is 1. The van der Waals surface area contributed by atoms with Crippen molar-refractivity contribution in [2.24, 2.45) is 0 Å². The lowest BCUT2D eigenvalue weighted by Crippen LogP contribution is -2.13. The molecule has 1 amide bonds. The molecule has 0 aliphatic carbocycles. The molecule has 0 unspecified atom stereocenters. The Morgan fingerprint density at radius 2 is 2.47 bits per heavy atom. The van der Waals surface area contributed by atoms with E-state index in [0.29, 0.717) is 17.2 Å². The van der Waals surface area contributed by atoms with Crippen molar-refractivity contribution in [2.75, 3.05) is 11.2 Å². The number of aromatic nitrogens is 3. The van der Waals surface area contributed by atoms with Crippen molar-refractivity contribution >= 4 is 28.8 Å². The van der Waals surface area contributed by atoms with Gasteiger partial charge in [0.1, 0.15) is 11.7 Å². The predicted octanol–water partition coefficient (Wildman–Crippen LogP) is 1.22. The molecule has 2 aromatic rings. The molecule has 1 N–H and O–H groups in total. The van der Waals surface area contributed by atoms with Crippen molar-refractivity contribution in [1.29, 1.82) is 0 Å². The van der Waals surface area contributed by atoms with Crippen LogP contribution in [-0.2, 0) is 4.79 Å². The smallest absolute Gasteiger partial charge is 0.239 e. The number of rotatable bonds is 2. The molecule has 2 heterocycles. The Labute approximate surface area is 91.1 Å². The van der Waals surface area contributed by atoms with Crippen molar-refractivity contribution in [1.82, 2.24) is 14.6 Å². The van der Waals surface area contributed by atoms with Gasteiger partial charge in [0, 0.05) is 6.20 Å². The van der Waals surface area contributed by atoms with E-state index < -0.39 is 0 Å². The van der Waals surface area contributed by atoms with Gasteiger partial charge in [-0.25, -0.2) is 9.50 Å². The van der Waals surface area contributed by atoms with Gasteiger partial charge in [0.05, 0.1) is 5.69 Å². The molecule has 6 heteroatoms. The van der Waals surface area contributed by atoms with Crippen LogP contribution in [0.3, 0.4) is 0 Å². The summed E-state index contributed by atoms with van der Waals surface area (Å²) in [6, 6.07) is 3.54. The Morgan fingerprint density at radius 3 is 3.20 bits per heavy atom. The second-order valence-electron chi connectivity index (χ2n) is 3.03. The summed E-state index contributed by atoms with van der Waals surface area (Å²) in [6.45, 7) is 1.79. The standard InChI is InChI=1S/C9H9ClN4O/c1-6-11-9-7(12-8(15)5-10)3-2-4-14(9)13-6/h2-4H,5H2,1H3,(H,12,15). The molecule has 0 aliphatic heterocycles. The van der Waals surface area contributed by atoms with E-state index in [4.69, 9.17) is 11.6 Å². The molecule has 0 radical (unpaired) electrons. The molecule has 2 aromatic heterocycles. The number of nitrogens with one attached hydrogen (secondary N) is 1. The molecule has 0 saturated heterocycles. The molecule has 5 nitrogen and oxygen atoms in total. The maximum atomic E-state index is 11.1. The van der Waals surface area contributed by atoms with Gasteiger partial charge in [-0.15, -0.1) is 11.6 Å². The van der Waals surface area contributed by atoms with E-state index in [1.54, 1.807) is 29.8 Å².